The zero-order valence-corrected chi connectivity index (χ0v) is 14.7. The number of hydrogen-bond acceptors (Lipinski definition) is 2. The van der Waals surface area contributed by atoms with Crippen molar-refractivity contribution >= 4 is 22.6 Å². The number of hydrogen-bond donors (Lipinski definition) is 2. The fourth-order valence-electron chi connectivity index (χ4n) is 2.99. The lowest BCUT2D eigenvalue weighted by molar-refractivity contribution is -0.137. The Hall–Kier alpha value is -3.35. The van der Waals surface area contributed by atoms with E-state index in [9.17, 15) is 22.8 Å². The molecular formula is C21H17F3N2O2. The number of amides is 2. The lowest BCUT2D eigenvalue weighted by Gasteiger charge is -2.17. The molecule has 144 valence electrons. The van der Waals surface area contributed by atoms with Crippen LogP contribution in [0.1, 0.15) is 21.5 Å². The summed E-state index contributed by atoms with van der Waals surface area (Å²) in [6.07, 6.45) is -4.64. The van der Waals surface area contributed by atoms with Crippen molar-refractivity contribution in [2.45, 2.75) is 18.6 Å². The third kappa shape index (κ3) is 4.31. The lowest BCUT2D eigenvalue weighted by Crippen LogP contribution is -2.45. The monoisotopic (exact) mass is 386 g/mol. The normalized spacial score (nSPS) is 12.5. The van der Waals surface area contributed by atoms with Gasteiger partial charge in [-0.3, -0.25) is 9.59 Å². The maximum absolute atomic E-state index is 12.9. The number of halogens is 3. The fourth-order valence-corrected chi connectivity index (χ4v) is 2.99. The molecule has 0 aliphatic carbocycles. The molecule has 1 atom stereocenters. The van der Waals surface area contributed by atoms with Gasteiger partial charge in [0.25, 0.3) is 5.91 Å². The molecule has 2 amide bonds. The molecule has 0 saturated heterocycles. The Labute approximate surface area is 159 Å². The molecule has 0 fully saturated rings. The van der Waals surface area contributed by atoms with E-state index in [0.29, 0.717) is 10.9 Å². The van der Waals surface area contributed by atoms with Crippen LogP contribution in [-0.4, -0.2) is 17.9 Å². The van der Waals surface area contributed by atoms with Gasteiger partial charge in [0.1, 0.15) is 6.04 Å². The van der Waals surface area contributed by atoms with Crippen LogP contribution >= 0.6 is 0 Å². The van der Waals surface area contributed by atoms with Gasteiger partial charge in [0.05, 0.1) is 5.56 Å². The van der Waals surface area contributed by atoms with Crippen molar-refractivity contribution in [3.05, 3.63) is 83.4 Å². The van der Waals surface area contributed by atoms with E-state index in [1.165, 1.54) is 12.1 Å². The molecule has 0 aliphatic heterocycles. The minimum Gasteiger partial charge on any atom is -0.368 e. The predicted octanol–water partition coefficient (Wildman–Crippen LogP) is 3.69. The standard InChI is InChI=1S/C21H17F3N2O2/c22-21(23,24)15-8-3-5-13(11-15)12-18(19(25)27)26-20(28)17-10-4-7-14-6-1-2-9-16(14)17/h1-11,18H,12H2,(H2,25,27)(H,26,28)/t18-/m1/s1. The van der Waals surface area contributed by atoms with Crippen LogP contribution in [0.15, 0.2) is 66.7 Å². The van der Waals surface area contributed by atoms with E-state index in [0.717, 1.165) is 17.5 Å². The summed E-state index contributed by atoms with van der Waals surface area (Å²) in [5.74, 6) is -1.35. The van der Waals surface area contributed by atoms with Gasteiger partial charge < -0.3 is 11.1 Å². The second-order valence-corrected chi connectivity index (χ2v) is 6.36. The third-order valence-corrected chi connectivity index (χ3v) is 4.38. The average molecular weight is 386 g/mol. The van der Waals surface area contributed by atoms with Crippen LogP contribution in [0, 0.1) is 0 Å². The SMILES string of the molecule is NC(=O)[C@@H](Cc1cccc(C(F)(F)F)c1)NC(=O)c1cccc2ccccc12. The first-order chi connectivity index (χ1) is 13.3. The Morgan fingerprint density at radius 1 is 0.964 bits per heavy atom. The van der Waals surface area contributed by atoms with E-state index in [1.54, 1.807) is 24.3 Å². The van der Waals surface area contributed by atoms with Crippen molar-refractivity contribution in [2.24, 2.45) is 5.73 Å². The van der Waals surface area contributed by atoms with Crippen LogP contribution in [0.2, 0.25) is 0 Å². The van der Waals surface area contributed by atoms with E-state index >= 15 is 0 Å². The molecule has 0 spiro atoms. The van der Waals surface area contributed by atoms with Crippen molar-refractivity contribution < 1.29 is 22.8 Å². The third-order valence-electron chi connectivity index (χ3n) is 4.38. The van der Waals surface area contributed by atoms with Crippen molar-refractivity contribution in [1.29, 1.82) is 0 Å². The van der Waals surface area contributed by atoms with Crippen molar-refractivity contribution in [2.75, 3.05) is 0 Å². The molecule has 0 unspecified atom stereocenters. The Morgan fingerprint density at radius 3 is 2.36 bits per heavy atom. The number of carbonyl (C=O) groups is 2. The molecular weight excluding hydrogens is 369 g/mol. The van der Waals surface area contributed by atoms with Crippen molar-refractivity contribution in [3.63, 3.8) is 0 Å². The Morgan fingerprint density at radius 2 is 1.64 bits per heavy atom. The highest BCUT2D eigenvalue weighted by molar-refractivity contribution is 6.08. The van der Waals surface area contributed by atoms with Crippen LogP contribution in [0.3, 0.4) is 0 Å². The molecule has 28 heavy (non-hydrogen) atoms. The van der Waals surface area contributed by atoms with Gasteiger partial charge in [-0.25, -0.2) is 0 Å². The molecule has 0 aromatic heterocycles. The first-order valence-electron chi connectivity index (χ1n) is 8.50. The fraction of sp³-hybridized carbons (Fsp3) is 0.143. The highest BCUT2D eigenvalue weighted by atomic mass is 19.4. The molecule has 3 aromatic carbocycles. The molecule has 3 N–H and O–H groups in total. The molecule has 0 heterocycles. The topological polar surface area (TPSA) is 72.2 Å². The number of primary amides is 1. The molecule has 3 aromatic rings. The highest BCUT2D eigenvalue weighted by Gasteiger charge is 2.31. The van der Waals surface area contributed by atoms with Gasteiger partial charge >= 0.3 is 6.18 Å². The predicted molar refractivity (Wildman–Crippen MR) is 99.5 cm³/mol. The summed E-state index contributed by atoms with van der Waals surface area (Å²) in [4.78, 5) is 24.5. The summed E-state index contributed by atoms with van der Waals surface area (Å²) >= 11 is 0. The average Bonchev–Trinajstić information content (AvgIpc) is 2.66. The minimum atomic E-state index is -4.50. The van der Waals surface area contributed by atoms with E-state index in [-0.39, 0.29) is 12.0 Å². The molecule has 0 bridgehead atoms. The van der Waals surface area contributed by atoms with Gasteiger partial charge in [-0.1, -0.05) is 54.6 Å². The van der Waals surface area contributed by atoms with Gasteiger partial charge in [0.15, 0.2) is 0 Å². The molecule has 0 saturated carbocycles. The summed E-state index contributed by atoms with van der Waals surface area (Å²) in [5, 5.41) is 4.09. The number of nitrogens with two attached hydrogens (primary N) is 1. The van der Waals surface area contributed by atoms with Crippen LogP contribution in [0.25, 0.3) is 10.8 Å². The second-order valence-electron chi connectivity index (χ2n) is 6.36. The first kappa shape index (κ1) is 19.4. The molecule has 0 aliphatic rings. The summed E-state index contributed by atoms with van der Waals surface area (Å²) in [6, 6.07) is 15.9. The maximum atomic E-state index is 12.9. The Bertz CT molecular complexity index is 1030. The van der Waals surface area contributed by atoms with Gasteiger partial charge in [-0.05, 0) is 28.5 Å². The molecule has 4 nitrogen and oxygen atoms in total. The molecule has 7 heteroatoms. The zero-order chi connectivity index (χ0) is 20.3. The maximum Gasteiger partial charge on any atom is 0.416 e. The molecule has 0 radical (unpaired) electrons. The van der Waals surface area contributed by atoms with Crippen molar-refractivity contribution in [3.8, 4) is 0 Å². The van der Waals surface area contributed by atoms with Gasteiger partial charge in [-0.2, -0.15) is 13.2 Å². The number of carbonyl (C=O) groups excluding carboxylic acids is 2. The Kier molecular flexibility index (Phi) is 5.35. The first-order valence-corrected chi connectivity index (χ1v) is 8.50. The lowest BCUT2D eigenvalue weighted by atomic mass is 10.0. The summed E-state index contributed by atoms with van der Waals surface area (Å²) < 4.78 is 38.6. The van der Waals surface area contributed by atoms with Crippen LogP contribution in [0.5, 0.6) is 0 Å². The van der Waals surface area contributed by atoms with Crippen LogP contribution in [0.4, 0.5) is 13.2 Å². The van der Waals surface area contributed by atoms with Crippen molar-refractivity contribution in [1.82, 2.24) is 5.32 Å². The summed E-state index contributed by atoms with van der Waals surface area (Å²) in [6.45, 7) is 0. The second kappa shape index (κ2) is 7.72. The largest absolute Gasteiger partial charge is 0.416 e. The van der Waals surface area contributed by atoms with Gasteiger partial charge in [-0.15, -0.1) is 0 Å². The Balaban J connectivity index is 1.84. The van der Waals surface area contributed by atoms with Crippen LogP contribution in [-0.2, 0) is 17.4 Å². The van der Waals surface area contributed by atoms with E-state index in [4.69, 9.17) is 5.73 Å². The number of rotatable bonds is 5. The molecule has 3 rings (SSSR count). The minimum absolute atomic E-state index is 0.143. The summed E-state index contributed by atoms with van der Waals surface area (Å²) in [5.41, 5.74) is 5.15. The van der Waals surface area contributed by atoms with Crippen LogP contribution < -0.4 is 11.1 Å². The number of nitrogens with one attached hydrogen (secondary N) is 1. The van der Waals surface area contributed by atoms with Gasteiger partial charge in [0, 0.05) is 12.0 Å². The quantitative estimate of drug-likeness (QED) is 0.702. The zero-order valence-electron chi connectivity index (χ0n) is 14.7. The van der Waals surface area contributed by atoms with E-state index in [2.05, 4.69) is 5.32 Å². The van der Waals surface area contributed by atoms with Gasteiger partial charge in [0.2, 0.25) is 5.91 Å². The number of alkyl halides is 3. The summed E-state index contributed by atoms with van der Waals surface area (Å²) in [7, 11) is 0. The number of benzene rings is 3. The smallest absolute Gasteiger partial charge is 0.368 e. The number of fused-ring (bicyclic) bond motifs is 1. The van der Waals surface area contributed by atoms with E-state index < -0.39 is 29.6 Å². The van der Waals surface area contributed by atoms with E-state index in [1.807, 2.05) is 18.2 Å². The highest BCUT2D eigenvalue weighted by Crippen LogP contribution is 2.29.